The zero-order valence-electron chi connectivity index (χ0n) is 8.32. The van der Waals surface area contributed by atoms with Crippen LogP contribution in [0, 0.1) is 25.5 Å². The third-order valence-corrected chi connectivity index (χ3v) is 3.01. The normalized spacial score (nSPS) is 18.4. The lowest BCUT2D eigenvalue weighted by Gasteiger charge is -2.17. The molecule has 0 spiro atoms. The van der Waals surface area contributed by atoms with Crippen LogP contribution in [0.5, 0.6) is 0 Å². The van der Waals surface area contributed by atoms with Gasteiger partial charge in [-0.3, -0.25) is 0 Å². The molecule has 0 atom stereocenters. The van der Waals surface area contributed by atoms with E-state index in [1.165, 1.54) is 0 Å². The van der Waals surface area contributed by atoms with Gasteiger partial charge in [-0.15, -0.1) is 0 Å². The quantitative estimate of drug-likeness (QED) is 0.735. The van der Waals surface area contributed by atoms with E-state index in [2.05, 4.69) is 0 Å². The fraction of sp³-hybridized carbons (Fsp3) is 0.455. The molecule has 0 saturated heterocycles. The van der Waals surface area contributed by atoms with Gasteiger partial charge in [-0.25, -0.2) is 8.78 Å². The second kappa shape index (κ2) is 2.76. The van der Waals surface area contributed by atoms with Gasteiger partial charge in [0.2, 0.25) is 0 Å². The van der Waals surface area contributed by atoms with Crippen molar-refractivity contribution in [2.75, 3.05) is 0 Å². The first-order valence-corrected chi connectivity index (χ1v) is 4.70. The fourth-order valence-electron chi connectivity index (χ4n) is 1.98. The molecule has 76 valence electrons. The standard InChI is InChI=1S/C11H13F2N/c1-6-8(12)5-9(13)7(2)10(6)11(14)3-4-11/h5H,3-4,14H2,1-2H3. The van der Waals surface area contributed by atoms with Crippen LogP contribution < -0.4 is 5.73 Å². The fourth-order valence-corrected chi connectivity index (χ4v) is 1.98. The van der Waals surface area contributed by atoms with Crippen LogP contribution in [0.25, 0.3) is 0 Å². The summed E-state index contributed by atoms with van der Waals surface area (Å²) in [5, 5.41) is 0. The van der Waals surface area contributed by atoms with Crippen LogP contribution in [-0.4, -0.2) is 0 Å². The van der Waals surface area contributed by atoms with E-state index >= 15 is 0 Å². The first-order valence-electron chi connectivity index (χ1n) is 4.70. The van der Waals surface area contributed by atoms with Gasteiger partial charge in [-0.2, -0.15) is 0 Å². The van der Waals surface area contributed by atoms with Crippen LogP contribution in [0.3, 0.4) is 0 Å². The van der Waals surface area contributed by atoms with Crippen molar-refractivity contribution in [2.45, 2.75) is 32.2 Å². The summed E-state index contributed by atoms with van der Waals surface area (Å²) in [6, 6.07) is 0.930. The van der Waals surface area contributed by atoms with Crippen molar-refractivity contribution in [2.24, 2.45) is 5.73 Å². The second-order valence-corrected chi connectivity index (χ2v) is 4.12. The van der Waals surface area contributed by atoms with Crippen molar-refractivity contribution in [1.82, 2.24) is 0 Å². The number of hydrogen-bond donors (Lipinski definition) is 1. The molecule has 14 heavy (non-hydrogen) atoms. The molecule has 0 unspecified atom stereocenters. The average molecular weight is 197 g/mol. The van der Waals surface area contributed by atoms with Gasteiger partial charge in [-0.05, 0) is 43.4 Å². The smallest absolute Gasteiger partial charge is 0.129 e. The molecule has 0 amide bonds. The van der Waals surface area contributed by atoms with Crippen molar-refractivity contribution in [1.29, 1.82) is 0 Å². The number of rotatable bonds is 1. The lowest BCUT2D eigenvalue weighted by atomic mass is 9.94. The number of nitrogens with two attached hydrogens (primary N) is 1. The van der Waals surface area contributed by atoms with E-state index in [0.717, 1.165) is 18.9 Å². The first-order chi connectivity index (χ1) is 6.46. The van der Waals surface area contributed by atoms with E-state index in [9.17, 15) is 8.78 Å². The lowest BCUT2D eigenvalue weighted by Crippen LogP contribution is -2.22. The zero-order chi connectivity index (χ0) is 10.5. The summed E-state index contributed by atoms with van der Waals surface area (Å²) in [5.74, 6) is -1.00. The van der Waals surface area contributed by atoms with Crippen molar-refractivity contribution in [3.63, 3.8) is 0 Å². The van der Waals surface area contributed by atoms with E-state index < -0.39 is 17.2 Å². The Morgan fingerprint density at radius 1 is 1.14 bits per heavy atom. The van der Waals surface area contributed by atoms with Crippen molar-refractivity contribution >= 4 is 0 Å². The summed E-state index contributed by atoms with van der Waals surface area (Å²) in [5.41, 5.74) is 7.14. The van der Waals surface area contributed by atoms with Crippen molar-refractivity contribution < 1.29 is 8.78 Å². The highest BCUT2D eigenvalue weighted by Gasteiger charge is 2.43. The SMILES string of the molecule is Cc1c(F)cc(F)c(C)c1C1(N)CC1. The van der Waals surface area contributed by atoms with Gasteiger partial charge in [0, 0.05) is 11.6 Å². The molecule has 2 N–H and O–H groups in total. The second-order valence-electron chi connectivity index (χ2n) is 4.12. The summed E-state index contributed by atoms with van der Waals surface area (Å²) in [6.07, 6.45) is 1.63. The van der Waals surface area contributed by atoms with Crippen molar-refractivity contribution in [3.05, 3.63) is 34.4 Å². The van der Waals surface area contributed by atoms with Crippen LogP contribution in [-0.2, 0) is 5.54 Å². The minimum atomic E-state index is -0.500. The molecule has 1 aliphatic carbocycles. The van der Waals surface area contributed by atoms with Crippen LogP contribution in [0.4, 0.5) is 8.78 Å². The summed E-state index contributed by atoms with van der Waals surface area (Å²) in [7, 11) is 0. The van der Waals surface area contributed by atoms with Crippen LogP contribution in [0.15, 0.2) is 6.07 Å². The summed E-state index contributed by atoms with van der Waals surface area (Å²) >= 11 is 0. The molecule has 1 fully saturated rings. The highest BCUT2D eigenvalue weighted by atomic mass is 19.1. The average Bonchev–Trinajstić information content (AvgIpc) is 2.81. The van der Waals surface area contributed by atoms with Crippen molar-refractivity contribution in [3.8, 4) is 0 Å². The monoisotopic (exact) mass is 197 g/mol. The molecular formula is C11H13F2N. The molecule has 1 aliphatic rings. The molecule has 0 bridgehead atoms. The van der Waals surface area contributed by atoms with E-state index in [0.29, 0.717) is 16.7 Å². The molecular weight excluding hydrogens is 184 g/mol. The van der Waals surface area contributed by atoms with E-state index in [1.807, 2.05) is 0 Å². The highest BCUT2D eigenvalue weighted by molar-refractivity contribution is 5.43. The maximum Gasteiger partial charge on any atom is 0.129 e. The van der Waals surface area contributed by atoms with E-state index in [1.54, 1.807) is 13.8 Å². The van der Waals surface area contributed by atoms with Gasteiger partial charge in [0.05, 0.1) is 0 Å². The molecule has 1 nitrogen and oxygen atoms in total. The Bertz CT molecular complexity index is 369. The summed E-state index contributed by atoms with van der Waals surface area (Å²) in [4.78, 5) is 0. The minimum absolute atomic E-state index is 0.475. The number of hydrogen-bond acceptors (Lipinski definition) is 1. The van der Waals surface area contributed by atoms with Gasteiger partial charge >= 0.3 is 0 Å². The van der Waals surface area contributed by atoms with E-state index in [4.69, 9.17) is 5.73 Å². The van der Waals surface area contributed by atoms with E-state index in [-0.39, 0.29) is 0 Å². The Hall–Kier alpha value is -0.960. The van der Waals surface area contributed by atoms with Crippen LogP contribution in [0.1, 0.15) is 29.5 Å². The number of halogens is 2. The molecule has 0 aliphatic heterocycles. The predicted molar refractivity (Wildman–Crippen MR) is 50.9 cm³/mol. The highest BCUT2D eigenvalue weighted by Crippen LogP contribution is 2.46. The maximum atomic E-state index is 13.3. The summed E-state index contributed by atoms with van der Waals surface area (Å²) in [6.45, 7) is 3.31. The molecule has 0 heterocycles. The van der Waals surface area contributed by atoms with Crippen LogP contribution >= 0.6 is 0 Å². The Morgan fingerprint density at radius 2 is 1.57 bits per heavy atom. The largest absolute Gasteiger partial charge is 0.321 e. The molecule has 2 rings (SSSR count). The molecule has 1 aromatic carbocycles. The molecule has 1 aromatic rings. The van der Waals surface area contributed by atoms with Gasteiger partial charge < -0.3 is 5.73 Å². The van der Waals surface area contributed by atoms with Gasteiger partial charge in [0.25, 0.3) is 0 Å². The topological polar surface area (TPSA) is 26.0 Å². The lowest BCUT2D eigenvalue weighted by molar-refractivity contribution is 0.556. The molecule has 3 heteroatoms. The van der Waals surface area contributed by atoms with Gasteiger partial charge in [-0.1, -0.05) is 0 Å². The van der Waals surface area contributed by atoms with Crippen LogP contribution in [0.2, 0.25) is 0 Å². The first kappa shape index (κ1) is 9.59. The Balaban J connectivity index is 2.68. The third kappa shape index (κ3) is 1.23. The van der Waals surface area contributed by atoms with Gasteiger partial charge in [0.15, 0.2) is 0 Å². The third-order valence-electron chi connectivity index (χ3n) is 3.01. The predicted octanol–water partition coefficient (Wildman–Crippen LogP) is 2.53. The molecule has 0 aromatic heterocycles. The van der Waals surface area contributed by atoms with Gasteiger partial charge in [0.1, 0.15) is 11.6 Å². The maximum absolute atomic E-state index is 13.3. The number of benzene rings is 1. The summed E-state index contributed by atoms with van der Waals surface area (Å²) < 4.78 is 26.6. The Kier molecular flexibility index (Phi) is 1.89. The Labute approximate surface area is 81.9 Å². The Morgan fingerprint density at radius 3 is 1.93 bits per heavy atom. The minimum Gasteiger partial charge on any atom is -0.321 e. The molecule has 1 saturated carbocycles. The zero-order valence-corrected chi connectivity index (χ0v) is 8.32. The molecule has 0 radical (unpaired) electrons.